The molecule has 0 spiro atoms. The van der Waals surface area contributed by atoms with Crippen molar-refractivity contribution in [2.45, 2.75) is 18.4 Å². The Bertz CT molecular complexity index is 712. The maximum atomic E-state index is 14.1. The molecule has 1 N–H and O–H groups in total. The number of fused-ring (bicyclic) bond motifs is 3. The van der Waals surface area contributed by atoms with Crippen molar-refractivity contribution in [3.05, 3.63) is 71.6 Å². The van der Waals surface area contributed by atoms with Gasteiger partial charge in [0.1, 0.15) is 11.6 Å². The second-order valence-corrected chi connectivity index (χ2v) is 5.61. The highest BCUT2D eigenvalue weighted by atomic mass is 19.1. The lowest BCUT2D eigenvalue weighted by molar-refractivity contribution is 0.418. The van der Waals surface area contributed by atoms with Crippen LogP contribution in [0.2, 0.25) is 0 Å². The molecule has 2 aromatic rings. The van der Waals surface area contributed by atoms with E-state index in [1.807, 2.05) is 12.1 Å². The van der Waals surface area contributed by atoms with Crippen molar-refractivity contribution in [2.24, 2.45) is 5.92 Å². The summed E-state index contributed by atoms with van der Waals surface area (Å²) in [6.07, 6.45) is 8.55. The second-order valence-electron chi connectivity index (χ2n) is 5.61. The van der Waals surface area contributed by atoms with Gasteiger partial charge in [-0.15, -0.1) is 0 Å². The molecule has 4 heteroatoms. The molecule has 0 saturated carbocycles. The van der Waals surface area contributed by atoms with Crippen LogP contribution in [-0.4, -0.2) is 4.98 Å². The van der Waals surface area contributed by atoms with Gasteiger partial charge in [0.2, 0.25) is 0 Å². The van der Waals surface area contributed by atoms with E-state index in [0.29, 0.717) is 5.69 Å². The molecule has 0 amide bonds. The molecule has 4 rings (SSSR count). The molecule has 1 aliphatic carbocycles. The van der Waals surface area contributed by atoms with Crippen LogP contribution in [0.3, 0.4) is 0 Å². The minimum Gasteiger partial charge on any atom is -0.375 e. The van der Waals surface area contributed by atoms with Crippen LogP contribution in [0.25, 0.3) is 0 Å². The number of allylic oxidation sites excluding steroid dienone is 2. The Morgan fingerprint density at radius 3 is 2.76 bits per heavy atom. The lowest BCUT2D eigenvalue weighted by Crippen LogP contribution is -2.29. The predicted molar refractivity (Wildman–Crippen MR) is 76.9 cm³/mol. The monoisotopic (exact) mass is 284 g/mol. The molecule has 0 unspecified atom stereocenters. The summed E-state index contributed by atoms with van der Waals surface area (Å²) in [4.78, 5) is 4.03. The summed E-state index contributed by atoms with van der Waals surface area (Å²) in [5.74, 6) is -0.706. The molecule has 0 bridgehead atoms. The van der Waals surface area contributed by atoms with Crippen LogP contribution in [0, 0.1) is 17.6 Å². The first-order valence-corrected chi connectivity index (χ1v) is 7.06. The van der Waals surface area contributed by atoms with Gasteiger partial charge in [-0.25, -0.2) is 8.78 Å². The molecule has 0 radical (unpaired) electrons. The first-order chi connectivity index (χ1) is 10.2. The van der Waals surface area contributed by atoms with Gasteiger partial charge in [0, 0.05) is 24.4 Å². The average molecular weight is 284 g/mol. The van der Waals surface area contributed by atoms with Gasteiger partial charge in [0.05, 0.1) is 11.7 Å². The molecule has 1 aromatic carbocycles. The fraction of sp³-hybridized carbons (Fsp3) is 0.235. The Kier molecular flexibility index (Phi) is 2.77. The summed E-state index contributed by atoms with van der Waals surface area (Å²) in [6.45, 7) is 0. The van der Waals surface area contributed by atoms with Gasteiger partial charge in [-0.2, -0.15) is 0 Å². The maximum Gasteiger partial charge on any atom is 0.149 e. The summed E-state index contributed by atoms with van der Waals surface area (Å²) < 4.78 is 27.7. The van der Waals surface area contributed by atoms with Crippen molar-refractivity contribution in [2.75, 3.05) is 5.32 Å². The largest absolute Gasteiger partial charge is 0.375 e. The first kappa shape index (κ1) is 12.5. The van der Waals surface area contributed by atoms with E-state index in [4.69, 9.17) is 0 Å². The molecule has 106 valence electrons. The van der Waals surface area contributed by atoms with E-state index in [0.717, 1.165) is 23.6 Å². The standard InChI is InChI=1S/C17H14F2N2/c18-11-8-14-12-2-1-3-13(12)16(10-4-6-20-7-5-10)21-17(14)15(19)9-11/h1-2,4-9,12-13,16,21H,3H2/t12-,13-,16-/m1/s1. The predicted octanol–water partition coefficient (Wildman–Crippen LogP) is 4.19. The van der Waals surface area contributed by atoms with Crippen molar-refractivity contribution in [3.8, 4) is 0 Å². The van der Waals surface area contributed by atoms with Crippen molar-refractivity contribution >= 4 is 5.69 Å². The van der Waals surface area contributed by atoms with E-state index >= 15 is 0 Å². The van der Waals surface area contributed by atoms with E-state index in [2.05, 4.69) is 22.5 Å². The normalized spacial score (nSPS) is 26.1. The van der Waals surface area contributed by atoms with Crippen LogP contribution in [0.5, 0.6) is 0 Å². The minimum atomic E-state index is -0.525. The van der Waals surface area contributed by atoms with Crippen LogP contribution in [-0.2, 0) is 0 Å². The number of aromatic nitrogens is 1. The molecular formula is C17H14F2N2. The quantitative estimate of drug-likeness (QED) is 0.794. The number of anilines is 1. The number of pyridine rings is 1. The van der Waals surface area contributed by atoms with Gasteiger partial charge in [-0.05, 0) is 41.7 Å². The Balaban J connectivity index is 1.84. The molecular weight excluding hydrogens is 270 g/mol. The zero-order valence-corrected chi connectivity index (χ0v) is 11.3. The number of hydrogen-bond donors (Lipinski definition) is 1. The van der Waals surface area contributed by atoms with E-state index in [1.165, 1.54) is 6.07 Å². The molecule has 0 fully saturated rings. The van der Waals surface area contributed by atoms with Crippen LogP contribution in [0.1, 0.15) is 29.5 Å². The topological polar surface area (TPSA) is 24.9 Å². The Hall–Kier alpha value is -2.23. The summed E-state index contributed by atoms with van der Waals surface area (Å²) >= 11 is 0. The van der Waals surface area contributed by atoms with Crippen molar-refractivity contribution in [1.29, 1.82) is 0 Å². The van der Waals surface area contributed by atoms with Gasteiger partial charge >= 0.3 is 0 Å². The van der Waals surface area contributed by atoms with E-state index in [9.17, 15) is 8.78 Å². The third-order valence-electron chi connectivity index (χ3n) is 4.45. The summed E-state index contributed by atoms with van der Waals surface area (Å²) in [6, 6.07) is 6.29. The third-order valence-corrected chi connectivity index (χ3v) is 4.45. The lowest BCUT2D eigenvalue weighted by Gasteiger charge is -2.37. The van der Waals surface area contributed by atoms with Crippen molar-refractivity contribution in [3.63, 3.8) is 0 Å². The van der Waals surface area contributed by atoms with E-state index in [1.54, 1.807) is 12.4 Å². The number of nitrogens with zero attached hydrogens (tertiary/aromatic N) is 1. The smallest absolute Gasteiger partial charge is 0.149 e. The fourth-order valence-electron chi connectivity index (χ4n) is 3.52. The molecule has 2 heterocycles. The van der Waals surface area contributed by atoms with E-state index < -0.39 is 11.6 Å². The Morgan fingerprint density at radius 2 is 1.95 bits per heavy atom. The molecule has 1 aromatic heterocycles. The highest BCUT2D eigenvalue weighted by Gasteiger charge is 2.39. The zero-order chi connectivity index (χ0) is 14.4. The van der Waals surface area contributed by atoms with Gasteiger partial charge in [-0.3, -0.25) is 4.98 Å². The summed E-state index contributed by atoms with van der Waals surface area (Å²) in [5.41, 5.74) is 2.22. The zero-order valence-electron chi connectivity index (χ0n) is 11.3. The average Bonchev–Trinajstić information content (AvgIpc) is 2.97. The number of rotatable bonds is 1. The first-order valence-electron chi connectivity index (χ1n) is 7.06. The van der Waals surface area contributed by atoms with Crippen molar-refractivity contribution in [1.82, 2.24) is 4.98 Å². The van der Waals surface area contributed by atoms with E-state index in [-0.39, 0.29) is 17.9 Å². The number of hydrogen-bond acceptors (Lipinski definition) is 2. The Morgan fingerprint density at radius 1 is 1.14 bits per heavy atom. The molecule has 0 saturated heterocycles. The Labute approximate surface area is 121 Å². The molecule has 1 aliphatic heterocycles. The summed E-state index contributed by atoms with van der Waals surface area (Å²) in [5, 5.41) is 3.27. The maximum absolute atomic E-state index is 14.1. The summed E-state index contributed by atoms with van der Waals surface area (Å²) in [7, 11) is 0. The molecule has 21 heavy (non-hydrogen) atoms. The van der Waals surface area contributed by atoms with Gasteiger partial charge < -0.3 is 5.32 Å². The third kappa shape index (κ3) is 1.94. The van der Waals surface area contributed by atoms with Crippen LogP contribution in [0.15, 0.2) is 48.8 Å². The molecule has 2 nitrogen and oxygen atoms in total. The molecule has 2 aliphatic rings. The van der Waals surface area contributed by atoms with Crippen LogP contribution < -0.4 is 5.32 Å². The SMILES string of the molecule is Fc1cc(F)c2c(c1)[C@@H]1C=CC[C@H]1[C@@H](c1ccncc1)N2. The van der Waals surface area contributed by atoms with Gasteiger partial charge in [-0.1, -0.05) is 12.2 Å². The fourth-order valence-corrected chi connectivity index (χ4v) is 3.52. The van der Waals surface area contributed by atoms with Gasteiger partial charge in [0.15, 0.2) is 0 Å². The second kappa shape index (κ2) is 4.65. The van der Waals surface area contributed by atoms with Gasteiger partial charge in [0.25, 0.3) is 0 Å². The lowest BCUT2D eigenvalue weighted by atomic mass is 9.77. The number of halogens is 2. The number of nitrogens with one attached hydrogen (secondary N) is 1. The van der Waals surface area contributed by atoms with Crippen molar-refractivity contribution < 1.29 is 8.78 Å². The van der Waals surface area contributed by atoms with Crippen LogP contribution in [0.4, 0.5) is 14.5 Å². The number of benzene rings is 1. The van der Waals surface area contributed by atoms with Crippen LogP contribution >= 0.6 is 0 Å². The molecule has 3 atom stereocenters. The minimum absolute atomic E-state index is 0.0143. The highest BCUT2D eigenvalue weighted by molar-refractivity contribution is 5.60. The highest BCUT2D eigenvalue weighted by Crippen LogP contribution is 2.50.